The topological polar surface area (TPSA) is 67.9 Å². The molecular weight excluding hydrogens is 388 g/mol. The standard InChI is InChI=1S/C19H23ClN2O4S/c1-15-2-5-17(21-8-11-26-18-6-3-16(20)4-7-18)14-19(15)27(23,24)22-9-12-25-13-10-22/h2-7,14,21H,8-13H2,1H3. The number of sulfonamides is 1. The lowest BCUT2D eigenvalue weighted by Gasteiger charge is -2.27. The fraction of sp³-hybridized carbons (Fsp3) is 0.368. The quantitative estimate of drug-likeness (QED) is 0.710. The second-order valence-corrected chi connectivity index (χ2v) is 8.57. The molecule has 0 aliphatic carbocycles. The minimum atomic E-state index is -3.52. The summed E-state index contributed by atoms with van der Waals surface area (Å²) in [5.41, 5.74) is 1.47. The number of halogens is 1. The number of ether oxygens (including phenoxy) is 2. The van der Waals surface area contributed by atoms with E-state index in [1.807, 2.05) is 12.1 Å². The Hall–Kier alpha value is -1.80. The van der Waals surface area contributed by atoms with Crippen molar-refractivity contribution in [3.05, 3.63) is 53.1 Å². The zero-order valence-electron chi connectivity index (χ0n) is 15.2. The van der Waals surface area contributed by atoms with Crippen LogP contribution in [0.15, 0.2) is 47.4 Å². The lowest BCUT2D eigenvalue weighted by Crippen LogP contribution is -2.40. The van der Waals surface area contributed by atoms with E-state index in [-0.39, 0.29) is 0 Å². The molecule has 1 N–H and O–H groups in total. The molecular formula is C19H23ClN2O4S. The third kappa shape index (κ3) is 5.13. The van der Waals surface area contributed by atoms with Crippen LogP contribution in [0.4, 0.5) is 5.69 Å². The molecule has 1 heterocycles. The minimum absolute atomic E-state index is 0.327. The highest BCUT2D eigenvalue weighted by atomic mass is 35.5. The molecule has 2 aromatic rings. The molecule has 0 atom stereocenters. The Balaban J connectivity index is 1.61. The van der Waals surface area contributed by atoms with Gasteiger partial charge in [-0.05, 0) is 48.9 Å². The Morgan fingerprint density at radius 1 is 1.15 bits per heavy atom. The second-order valence-electron chi connectivity index (χ2n) is 6.23. The molecule has 0 bridgehead atoms. The molecule has 0 radical (unpaired) electrons. The molecule has 0 unspecified atom stereocenters. The van der Waals surface area contributed by atoms with E-state index in [0.29, 0.717) is 49.4 Å². The summed E-state index contributed by atoms with van der Waals surface area (Å²) in [7, 11) is -3.52. The first-order chi connectivity index (χ1) is 13.0. The smallest absolute Gasteiger partial charge is 0.243 e. The van der Waals surface area contributed by atoms with Crippen LogP contribution >= 0.6 is 11.6 Å². The Morgan fingerprint density at radius 3 is 2.56 bits per heavy atom. The van der Waals surface area contributed by atoms with Crippen molar-refractivity contribution in [2.75, 3.05) is 44.8 Å². The van der Waals surface area contributed by atoms with Crippen molar-refractivity contribution in [3.63, 3.8) is 0 Å². The molecule has 146 valence electrons. The first-order valence-electron chi connectivity index (χ1n) is 8.77. The Bertz CT molecular complexity index is 866. The van der Waals surface area contributed by atoms with Gasteiger partial charge in [-0.3, -0.25) is 0 Å². The zero-order chi connectivity index (χ0) is 19.3. The molecule has 6 nitrogen and oxygen atoms in total. The van der Waals surface area contributed by atoms with Crippen molar-refractivity contribution in [1.82, 2.24) is 4.31 Å². The van der Waals surface area contributed by atoms with Gasteiger partial charge in [0, 0.05) is 30.3 Å². The summed E-state index contributed by atoms with van der Waals surface area (Å²) in [5, 5.41) is 3.87. The molecule has 8 heteroatoms. The first kappa shape index (κ1) is 19.9. The highest BCUT2D eigenvalue weighted by Crippen LogP contribution is 2.24. The number of benzene rings is 2. The van der Waals surface area contributed by atoms with Gasteiger partial charge in [-0.25, -0.2) is 8.42 Å². The predicted molar refractivity (Wildman–Crippen MR) is 106 cm³/mol. The summed E-state index contributed by atoms with van der Waals surface area (Å²) in [6, 6.07) is 12.5. The lowest BCUT2D eigenvalue weighted by atomic mass is 10.2. The average Bonchev–Trinajstić information content (AvgIpc) is 2.68. The number of nitrogens with one attached hydrogen (secondary N) is 1. The number of nitrogens with zero attached hydrogens (tertiary/aromatic N) is 1. The monoisotopic (exact) mass is 410 g/mol. The summed E-state index contributed by atoms with van der Waals surface area (Å²) >= 11 is 5.85. The van der Waals surface area contributed by atoms with Gasteiger partial charge in [0.25, 0.3) is 0 Å². The van der Waals surface area contributed by atoms with E-state index in [9.17, 15) is 8.42 Å². The van der Waals surface area contributed by atoms with E-state index in [1.165, 1.54) is 4.31 Å². The molecule has 1 fully saturated rings. The third-order valence-electron chi connectivity index (χ3n) is 4.29. The Labute approximate surface area is 165 Å². The predicted octanol–water partition coefficient (Wildman–Crippen LogP) is 3.16. The van der Waals surface area contributed by atoms with Crippen LogP contribution in [0.5, 0.6) is 5.75 Å². The van der Waals surface area contributed by atoms with Crippen molar-refractivity contribution >= 4 is 27.3 Å². The zero-order valence-corrected chi connectivity index (χ0v) is 16.7. The van der Waals surface area contributed by atoms with E-state index < -0.39 is 10.0 Å². The first-order valence-corrected chi connectivity index (χ1v) is 10.6. The minimum Gasteiger partial charge on any atom is -0.492 e. The Kier molecular flexibility index (Phi) is 6.59. The van der Waals surface area contributed by atoms with Gasteiger partial charge >= 0.3 is 0 Å². The van der Waals surface area contributed by atoms with Crippen molar-refractivity contribution in [2.45, 2.75) is 11.8 Å². The second kappa shape index (κ2) is 8.93. The highest BCUT2D eigenvalue weighted by Gasteiger charge is 2.27. The van der Waals surface area contributed by atoms with Crippen LogP contribution < -0.4 is 10.1 Å². The van der Waals surface area contributed by atoms with Crippen molar-refractivity contribution < 1.29 is 17.9 Å². The van der Waals surface area contributed by atoms with E-state index in [1.54, 1.807) is 37.3 Å². The normalized spacial score (nSPS) is 15.5. The summed E-state index contributed by atoms with van der Waals surface area (Å²) in [6.07, 6.45) is 0. The molecule has 0 aromatic heterocycles. The summed E-state index contributed by atoms with van der Waals surface area (Å²) in [5.74, 6) is 0.737. The molecule has 1 saturated heterocycles. The number of morpholine rings is 1. The molecule has 27 heavy (non-hydrogen) atoms. The number of aryl methyl sites for hydroxylation is 1. The maximum Gasteiger partial charge on any atom is 0.243 e. The number of anilines is 1. The van der Waals surface area contributed by atoms with E-state index >= 15 is 0 Å². The molecule has 3 rings (SSSR count). The van der Waals surface area contributed by atoms with Crippen LogP contribution in [0.2, 0.25) is 5.02 Å². The summed E-state index contributed by atoms with van der Waals surface area (Å²) < 4.78 is 38.2. The fourth-order valence-corrected chi connectivity index (χ4v) is 4.59. The molecule has 2 aromatic carbocycles. The van der Waals surface area contributed by atoms with Crippen molar-refractivity contribution in [2.24, 2.45) is 0 Å². The summed E-state index contributed by atoms with van der Waals surface area (Å²) in [4.78, 5) is 0.327. The van der Waals surface area contributed by atoms with Gasteiger partial charge in [0.2, 0.25) is 10.0 Å². The van der Waals surface area contributed by atoms with Crippen LogP contribution in [0.3, 0.4) is 0 Å². The van der Waals surface area contributed by atoms with Gasteiger partial charge in [0.15, 0.2) is 0 Å². The molecule has 1 aliphatic heterocycles. The fourth-order valence-electron chi connectivity index (χ4n) is 2.81. The van der Waals surface area contributed by atoms with Gasteiger partial charge < -0.3 is 14.8 Å². The van der Waals surface area contributed by atoms with Crippen LogP contribution in [-0.4, -0.2) is 52.2 Å². The average molecular weight is 411 g/mol. The maximum absolute atomic E-state index is 12.9. The highest BCUT2D eigenvalue weighted by molar-refractivity contribution is 7.89. The largest absolute Gasteiger partial charge is 0.492 e. The van der Waals surface area contributed by atoms with Crippen LogP contribution in [0.25, 0.3) is 0 Å². The molecule has 0 saturated carbocycles. The van der Waals surface area contributed by atoms with Gasteiger partial charge in [-0.15, -0.1) is 0 Å². The molecule has 0 amide bonds. The van der Waals surface area contributed by atoms with Crippen LogP contribution in [0, 0.1) is 6.92 Å². The molecule has 0 spiro atoms. The van der Waals surface area contributed by atoms with E-state index in [2.05, 4.69) is 5.32 Å². The third-order valence-corrected chi connectivity index (χ3v) is 6.58. The Morgan fingerprint density at radius 2 is 1.85 bits per heavy atom. The van der Waals surface area contributed by atoms with Gasteiger partial charge in [0.05, 0.1) is 18.1 Å². The van der Waals surface area contributed by atoms with Crippen LogP contribution in [0.1, 0.15) is 5.56 Å². The van der Waals surface area contributed by atoms with Gasteiger partial charge in [0.1, 0.15) is 12.4 Å². The SMILES string of the molecule is Cc1ccc(NCCOc2ccc(Cl)cc2)cc1S(=O)(=O)N1CCOCC1. The maximum atomic E-state index is 12.9. The molecule has 1 aliphatic rings. The van der Waals surface area contributed by atoms with Gasteiger partial charge in [-0.1, -0.05) is 17.7 Å². The lowest BCUT2D eigenvalue weighted by molar-refractivity contribution is 0.0730. The van der Waals surface area contributed by atoms with Gasteiger partial charge in [-0.2, -0.15) is 4.31 Å². The number of hydrogen-bond acceptors (Lipinski definition) is 5. The number of hydrogen-bond donors (Lipinski definition) is 1. The summed E-state index contributed by atoms with van der Waals surface area (Å²) in [6.45, 7) is 4.42. The van der Waals surface area contributed by atoms with Crippen molar-refractivity contribution in [1.29, 1.82) is 0 Å². The van der Waals surface area contributed by atoms with E-state index in [0.717, 1.165) is 17.0 Å². The van der Waals surface area contributed by atoms with E-state index in [4.69, 9.17) is 21.1 Å². The number of rotatable bonds is 7. The van der Waals surface area contributed by atoms with Crippen LogP contribution in [-0.2, 0) is 14.8 Å². The van der Waals surface area contributed by atoms with Crippen molar-refractivity contribution in [3.8, 4) is 5.75 Å².